The van der Waals surface area contributed by atoms with E-state index in [1.807, 2.05) is 30.3 Å². The Morgan fingerprint density at radius 2 is 1.76 bits per heavy atom. The van der Waals surface area contributed by atoms with Gasteiger partial charge in [-0.3, -0.25) is 0 Å². The Balaban J connectivity index is 2.33. The Bertz CT molecular complexity index is 624. The lowest BCUT2D eigenvalue weighted by Crippen LogP contribution is -1.83. The Kier molecular flexibility index (Phi) is 3.46. The first kappa shape index (κ1) is 11.3. The summed E-state index contributed by atoms with van der Waals surface area (Å²) in [5.41, 5.74) is 2.44. The van der Waals surface area contributed by atoms with Crippen molar-refractivity contribution in [2.45, 2.75) is 0 Å². The molecule has 0 fully saturated rings. The molecule has 1 heterocycles. The molecule has 0 spiro atoms. The summed E-state index contributed by atoms with van der Waals surface area (Å²) in [6.45, 7) is 0. The quantitative estimate of drug-likeness (QED) is 0.507. The molecule has 0 atom stereocenters. The number of hydrogen-bond acceptors (Lipinski definition) is 1. The predicted molar refractivity (Wildman–Crippen MR) is 69.6 cm³/mol. The number of benzene rings is 1. The van der Waals surface area contributed by atoms with Crippen LogP contribution in [0.3, 0.4) is 0 Å². The van der Waals surface area contributed by atoms with Crippen molar-refractivity contribution in [2.75, 3.05) is 0 Å². The van der Waals surface area contributed by atoms with Crippen LogP contribution in [0, 0.1) is 24.2 Å². The van der Waals surface area contributed by atoms with Crippen molar-refractivity contribution in [2.24, 2.45) is 0 Å². The minimum atomic E-state index is 0.458. The standard InChI is InChI=1S/C15H8ClN/c1-2-13-5-3-4-6-14(13)9-7-12-8-10-15(16)17-11-12/h1,3-6,8,10-11H. The predicted octanol–water partition coefficient (Wildman–Crippen LogP) is 3.12. The zero-order valence-corrected chi connectivity index (χ0v) is 9.70. The second-order valence-electron chi connectivity index (χ2n) is 3.31. The maximum atomic E-state index is 5.69. The normalized spacial score (nSPS) is 8.94. The number of terminal acetylenes is 1. The van der Waals surface area contributed by atoms with E-state index in [0.717, 1.165) is 16.7 Å². The van der Waals surface area contributed by atoms with Crippen molar-refractivity contribution in [3.63, 3.8) is 0 Å². The average molecular weight is 238 g/mol. The molecule has 0 aliphatic heterocycles. The molecule has 2 aromatic rings. The first-order chi connectivity index (χ1) is 8.29. The molecule has 0 aliphatic carbocycles. The lowest BCUT2D eigenvalue weighted by Gasteiger charge is -1.94. The van der Waals surface area contributed by atoms with Gasteiger partial charge in [0.1, 0.15) is 5.15 Å². The van der Waals surface area contributed by atoms with Crippen LogP contribution in [0.15, 0.2) is 42.6 Å². The van der Waals surface area contributed by atoms with Crippen molar-refractivity contribution in [1.29, 1.82) is 0 Å². The van der Waals surface area contributed by atoms with Gasteiger partial charge in [-0.15, -0.1) is 6.42 Å². The molecule has 0 unspecified atom stereocenters. The molecule has 1 nitrogen and oxygen atoms in total. The largest absolute Gasteiger partial charge is 0.243 e. The van der Waals surface area contributed by atoms with Crippen molar-refractivity contribution < 1.29 is 0 Å². The van der Waals surface area contributed by atoms with Crippen molar-refractivity contribution >= 4 is 11.6 Å². The third kappa shape index (κ3) is 2.88. The van der Waals surface area contributed by atoms with E-state index < -0.39 is 0 Å². The lowest BCUT2D eigenvalue weighted by molar-refractivity contribution is 1.31. The summed E-state index contributed by atoms with van der Waals surface area (Å²) < 4.78 is 0. The number of halogens is 1. The van der Waals surface area contributed by atoms with E-state index >= 15 is 0 Å². The van der Waals surface area contributed by atoms with Gasteiger partial charge >= 0.3 is 0 Å². The summed E-state index contributed by atoms with van der Waals surface area (Å²) in [5, 5.41) is 0.458. The minimum Gasteiger partial charge on any atom is -0.243 e. The van der Waals surface area contributed by atoms with Gasteiger partial charge in [0.05, 0.1) is 0 Å². The summed E-state index contributed by atoms with van der Waals surface area (Å²) in [4.78, 5) is 3.96. The van der Waals surface area contributed by atoms with Gasteiger partial charge in [0.2, 0.25) is 0 Å². The Morgan fingerprint density at radius 3 is 2.41 bits per heavy atom. The van der Waals surface area contributed by atoms with Gasteiger partial charge in [0, 0.05) is 22.9 Å². The maximum Gasteiger partial charge on any atom is 0.129 e. The average Bonchev–Trinajstić information content (AvgIpc) is 2.38. The summed E-state index contributed by atoms with van der Waals surface area (Å²) in [6.07, 6.45) is 7.02. The molecule has 0 bridgehead atoms. The van der Waals surface area contributed by atoms with Crippen molar-refractivity contribution in [1.82, 2.24) is 4.98 Å². The van der Waals surface area contributed by atoms with Crippen molar-refractivity contribution in [3.8, 4) is 24.2 Å². The van der Waals surface area contributed by atoms with Crippen molar-refractivity contribution in [3.05, 3.63) is 64.4 Å². The van der Waals surface area contributed by atoms with E-state index in [4.69, 9.17) is 18.0 Å². The molecule has 2 rings (SSSR count). The van der Waals surface area contributed by atoms with Crippen LogP contribution in [0.4, 0.5) is 0 Å². The summed E-state index contributed by atoms with van der Waals surface area (Å²) in [6, 6.07) is 11.1. The van der Waals surface area contributed by atoms with Gasteiger partial charge in [-0.05, 0) is 24.3 Å². The maximum absolute atomic E-state index is 5.69. The van der Waals surface area contributed by atoms with Crippen LogP contribution in [0.5, 0.6) is 0 Å². The van der Waals surface area contributed by atoms with Gasteiger partial charge in [0.15, 0.2) is 0 Å². The van der Waals surface area contributed by atoms with Gasteiger partial charge < -0.3 is 0 Å². The van der Waals surface area contributed by atoms with E-state index in [1.54, 1.807) is 12.3 Å². The van der Waals surface area contributed by atoms with Crippen LogP contribution in [-0.4, -0.2) is 4.98 Å². The fraction of sp³-hybridized carbons (Fsp3) is 0. The number of pyridine rings is 1. The molecule has 0 saturated heterocycles. The highest BCUT2D eigenvalue weighted by atomic mass is 35.5. The first-order valence-electron chi connectivity index (χ1n) is 4.99. The van der Waals surface area contributed by atoms with E-state index in [0.29, 0.717) is 5.15 Å². The molecule has 0 amide bonds. The summed E-state index contributed by atoms with van der Waals surface area (Å²) in [5.74, 6) is 8.62. The highest BCUT2D eigenvalue weighted by molar-refractivity contribution is 6.29. The summed E-state index contributed by atoms with van der Waals surface area (Å²) in [7, 11) is 0. The number of nitrogens with zero attached hydrogens (tertiary/aromatic N) is 1. The molecule has 0 N–H and O–H groups in total. The third-order valence-corrected chi connectivity index (χ3v) is 2.38. The Labute approximate surface area is 105 Å². The van der Waals surface area contributed by atoms with Gasteiger partial charge in [-0.1, -0.05) is 41.5 Å². The fourth-order valence-electron chi connectivity index (χ4n) is 1.31. The van der Waals surface area contributed by atoms with Crippen LogP contribution in [0.1, 0.15) is 16.7 Å². The molecule has 0 radical (unpaired) electrons. The second-order valence-corrected chi connectivity index (χ2v) is 3.70. The molecule has 2 heteroatoms. The topological polar surface area (TPSA) is 12.9 Å². The molecule has 1 aromatic carbocycles. The highest BCUT2D eigenvalue weighted by Crippen LogP contribution is 2.07. The van der Waals surface area contributed by atoms with Crippen LogP contribution < -0.4 is 0 Å². The van der Waals surface area contributed by atoms with Crippen LogP contribution in [0.2, 0.25) is 5.15 Å². The monoisotopic (exact) mass is 237 g/mol. The minimum absolute atomic E-state index is 0.458. The van der Waals surface area contributed by atoms with Crippen LogP contribution in [-0.2, 0) is 0 Å². The van der Waals surface area contributed by atoms with E-state index in [2.05, 4.69) is 22.7 Å². The van der Waals surface area contributed by atoms with E-state index in [9.17, 15) is 0 Å². The van der Waals surface area contributed by atoms with E-state index in [1.165, 1.54) is 0 Å². The summed E-state index contributed by atoms with van der Waals surface area (Å²) >= 11 is 5.69. The second kappa shape index (κ2) is 5.21. The molecule has 1 aromatic heterocycles. The molecular formula is C15H8ClN. The fourth-order valence-corrected chi connectivity index (χ4v) is 1.42. The molecule has 0 aliphatic rings. The Hall–Kier alpha value is -2.22. The third-order valence-electron chi connectivity index (χ3n) is 2.15. The molecular weight excluding hydrogens is 230 g/mol. The van der Waals surface area contributed by atoms with Gasteiger partial charge in [0.25, 0.3) is 0 Å². The van der Waals surface area contributed by atoms with Gasteiger partial charge in [-0.25, -0.2) is 4.98 Å². The molecule has 80 valence electrons. The zero-order valence-electron chi connectivity index (χ0n) is 8.94. The highest BCUT2D eigenvalue weighted by Gasteiger charge is 1.94. The lowest BCUT2D eigenvalue weighted by atomic mass is 10.1. The van der Waals surface area contributed by atoms with Crippen LogP contribution in [0.25, 0.3) is 0 Å². The number of hydrogen-bond donors (Lipinski definition) is 0. The number of rotatable bonds is 0. The smallest absolute Gasteiger partial charge is 0.129 e. The molecule has 0 saturated carbocycles. The molecule has 17 heavy (non-hydrogen) atoms. The SMILES string of the molecule is C#Cc1ccccc1C#Cc1ccc(Cl)nc1. The van der Waals surface area contributed by atoms with Crippen LogP contribution >= 0.6 is 11.6 Å². The Morgan fingerprint density at radius 1 is 1.00 bits per heavy atom. The zero-order chi connectivity index (χ0) is 12.1. The van der Waals surface area contributed by atoms with Gasteiger partial charge in [-0.2, -0.15) is 0 Å². The number of aromatic nitrogens is 1. The first-order valence-corrected chi connectivity index (χ1v) is 5.36. The van der Waals surface area contributed by atoms with E-state index in [-0.39, 0.29) is 0 Å².